The second kappa shape index (κ2) is 10.3. The highest BCUT2D eigenvalue weighted by Crippen LogP contribution is 2.27. The highest BCUT2D eigenvalue weighted by Gasteiger charge is 2.49. The maximum atomic E-state index is 12.5. The molecule has 1 aromatic rings. The minimum atomic E-state index is -3.81. The summed E-state index contributed by atoms with van der Waals surface area (Å²) in [5.41, 5.74) is 6.12. The summed E-state index contributed by atoms with van der Waals surface area (Å²) in [6.45, 7) is -0.0146. The molecule has 3 N–H and O–H groups in total. The second-order valence-corrected chi connectivity index (χ2v) is 7.45. The van der Waals surface area contributed by atoms with E-state index >= 15 is 0 Å². The normalized spacial score (nSPS) is 28.2. The van der Waals surface area contributed by atoms with Gasteiger partial charge in [0.15, 0.2) is 6.29 Å². The van der Waals surface area contributed by atoms with Crippen LogP contribution in [0.5, 0.6) is 0 Å². The molecular formula is C16H25ClN2O7S. The van der Waals surface area contributed by atoms with E-state index in [4.69, 9.17) is 24.1 Å². The molecule has 0 saturated carbocycles. The van der Waals surface area contributed by atoms with E-state index in [1.807, 2.05) is 0 Å². The Morgan fingerprint density at radius 2 is 1.81 bits per heavy atom. The lowest BCUT2D eigenvalue weighted by Crippen LogP contribution is -2.66. The maximum Gasteiger partial charge on any atom is 0.264 e. The Balaban J connectivity index is 0.00000364. The Bertz CT molecular complexity index is 704. The van der Waals surface area contributed by atoms with Gasteiger partial charge in [0.25, 0.3) is 16.0 Å². The van der Waals surface area contributed by atoms with Crippen molar-refractivity contribution in [2.24, 2.45) is 5.73 Å². The minimum absolute atomic E-state index is 0. The Labute approximate surface area is 165 Å². The van der Waals surface area contributed by atoms with Crippen LogP contribution in [0.1, 0.15) is 10.4 Å². The van der Waals surface area contributed by atoms with Gasteiger partial charge in [0.1, 0.15) is 24.4 Å². The maximum absolute atomic E-state index is 12.5. The molecule has 1 amide bonds. The fourth-order valence-electron chi connectivity index (χ4n) is 2.87. The smallest absolute Gasteiger partial charge is 0.264 e. The zero-order chi connectivity index (χ0) is 19.3. The van der Waals surface area contributed by atoms with Crippen LogP contribution in [-0.4, -0.2) is 72.0 Å². The molecule has 1 aliphatic heterocycles. The SMILES string of the molecule is COC1OC(CN)[C@@H](OS(C)(=O)=O)C(OC)C1NC(=O)c1ccccc1.Cl. The second-order valence-electron chi connectivity index (χ2n) is 5.84. The van der Waals surface area contributed by atoms with Gasteiger partial charge < -0.3 is 25.3 Å². The van der Waals surface area contributed by atoms with Gasteiger partial charge in [-0.25, -0.2) is 0 Å². The molecule has 0 bridgehead atoms. The molecular weight excluding hydrogens is 400 g/mol. The number of methoxy groups -OCH3 is 2. The standard InChI is InChI=1S/C16H24N2O7S.ClH/c1-22-14-12(18-15(19)10-7-5-4-6-8-10)16(23-2)24-11(9-17)13(14)25-26(3,20)21;/h4-8,11-14,16H,9,17H2,1-3H3,(H,18,19);1H/t11?,12?,13-,14?,16?;/m1./s1. The Morgan fingerprint density at radius 1 is 1.19 bits per heavy atom. The third-order valence-corrected chi connectivity index (χ3v) is 4.57. The van der Waals surface area contributed by atoms with Crippen LogP contribution in [0.4, 0.5) is 0 Å². The van der Waals surface area contributed by atoms with E-state index in [-0.39, 0.29) is 24.9 Å². The van der Waals surface area contributed by atoms with E-state index in [1.165, 1.54) is 14.2 Å². The van der Waals surface area contributed by atoms with Crippen molar-refractivity contribution in [3.8, 4) is 0 Å². The van der Waals surface area contributed by atoms with Crippen LogP contribution in [-0.2, 0) is 28.5 Å². The molecule has 5 atom stereocenters. The van der Waals surface area contributed by atoms with Gasteiger partial charge >= 0.3 is 0 Å². The summed E-state index contributed by atoms with van der Waals surface area (Å²) in [5.74, 6) is -0.382. The molecule has 9 nitrogen and oxygen atoms in total. The summed E-state index contributed by atoms with van der Waals surface area (Å²) < 4.78 is 44.8. The lowest BCUT2D eigenvalue weighted by molar-refractivity contribution is -0.251. The summed E-state index contributed by atoms with van der Waals surface area (Å²) in [7, 11) is -1.01. The molecule has 1 aliphatic rings. The molecule has 1 fully saturated rings. The van der Waals surface area contributed by atoms with Crippen molar-refractivity contribution in [1.29, 1.82) is 0 Å². The summed E-state index contributed by atoms with van der Waals surface area (Å²) in [6.07, 6.45) is -2.64. The third kappa shape index (κ3) is 6.11. The first-order chi connectivity index (χ1) is 12.3. The summed E-state index contributed by atoms with van der Waals surface area (Å²) in [6, 6.07) is 7.73. The predicted molar refractivity (Wildman–Crippen MR) is 100 cm³/mol. The topological polar surface area (TPSA) is 126 Å². The zero-order valence-electron chi connectivity index (χ0n) is 15.2. The van der Waals surface area contributed by atoms with Crippen LogP contribution in [0.15, 0.2) is 30.3 Å². The number of ether oxygens (including phenoxy) is 3. The first-order valence-electron chi connectivity index (χ1n) is 7.96. The van der Waals surface area contributed by atoms with Crippen LogP contribution in [0.3, 0.4) is 0 Å². The summed E-state index contributed by atoms with van der Waals surface area (Å²) in [4.78, 5) is 12.5. The number of carbonyl (C=O) groups is 1. The fourth-order valence-corrected chi connectivity index (χ4v) is 3.51. The zero-order valence-corrected chi connectivity index (χ0v) is 16.9. The van der Waals surface area contributed by atoms with Crippen LogP contribution in [0, 0.1) is 0 Å². The van der Waals surface area contributed by atoms with E-state index in [9.17, 15) is 13.2 Å². The minimum Gasteiger partial charge on any atom is -0.376 e. The molecule has 0 spiro atoms. The number of carbonyl (C=O) groups excluding carboxylic acids is 1. The van der Waals surface area contributed by atoms with E-state index < -0.39 is 40.8 Å². The molecule has 1 aromatic carbocycles. The number of amides is 1. The van der Waals surface area contributed by atoms with Crippen molar-refractivity contribution >= 4 is 28.4 Å². The largest absolute Gasteiger partial charge is 0.376 e. The molecule has 27 heavy (non-hydrogen) atoms. The molecule has 154 valence electrons. The Kier molecular flexibility index (Phi) is 9.09. The van der Waals surface area contributed by atoms with Crippen molar-refractivity contribution in [3.05, 3.63) is 35.9 Å². The first-order valence-corrected chi connectivity index (χ1v) is 9.77. The van der Waals surface area contributed by atoms with E-state index in [0.29, 0.717) is 5.56 Å². The predicted octanol–water partition coefficient (Wildman–Crippen LogP) is -0.103. The van der Waals surface area contributed by atoms with Crippen LogP contribution < -0.4 is 11.1 Å². The lowest BCUT2D eigenvalue weighted by Gasteiger charge is -2.44. The molecule has 11 heteroatoms. The van der Waals surface area contributed by atoms with Gasteiger partial charge in [-0.05, 0) is 12.1 Å². The highest BCUT2D eigenvalue weighted by molar-refractivity contribution is 7.86. The highest BCUT2D eigenvalue weighted by atomic mass is 35.5. The van der Waals surface area contributed by atoms with Crippen molar-refractivity contribution in [1.82, 2.24) is 5.32 Å². The van der Waals surface area contributed by atoms with E-state index in [0.717, 1.165) is 6.26 Å². The quantitative estimate of drug-likeness (QED) is 0.581. The molecule has 0 aliphatic carbocycles. The van der Waals surface area contributed by atoms with Crippen molar-refractivity contribution in [3.63, 3.8) is 0 Å². The summed E-state index contributed by atoms with van der Waals surface area (Å²) in [5, 5.41) is 2.77. The number of benzene rings is 1. The summed E-state index contributed by atoms with van der Waals surface area (Å²) >= 11 is 0. The molecule has 2 rings (SSSR count). The lowest BCUT2D eigenvalue weighted by atomic mass is 9.96. The molecule has 1 heterocycles. The van der Waals surface area contributed by atoms with E-state index in [2.05, 4.69) is 5.32 Å². The van der Waals surface area contributed by atoms with Gasteiger partial charge in [-0.15, -0.1) is 12.4 Å². The average molecular weight is 425 g/mol. The van der Waals surface area contributed by atoms with Gasteiger partial charge in [0, 0.05) is 26.3 Å². The van der Waals surface area contributed by atoms with Crippen molar-refractivity contribution in [2.45, 2.75) is 30.6 Å². The van der Waals surface area contributed by atoms with Crippen molar-refractivity contribution in [2.75, 3.05) is 27.0 Å². The number of halogens is 1. The van der Waals surface area contributed by atoms with Crippen molar-refractivity contribution < 1.29 is 31.6 Å². The molecule has 4 unspecified atom stereocenters. The van der Waals surface area contributed by atoms with Crippen LogP contribution in [0.25, 0.3) is 0 Å². The Morgan fingerprint density at radius 3 is 2.30 bits per heavy atom. The van der Waals surface area contributed by atoms with Crippen LogP contribution >= 0.6 is 12.4 Å². The van der Waals surface area contributed by atoms with Gasteiger partial charge in [0.2, 0.25) is 0 Å². The van der Waals surface area contributed by atoms with Gasteiger partial charge in [-0.1, -0.05) is 18.2 Å². The fraction of sp³-hybridized carbons (Fsp3) is 0.562. The van der Waals surface area contributed by atoms with E-state index in [1.54, 1.807) is 30.3 Å². The number of nitrogens with two attached hydrogens (primary N) is 1. The average Bonchev–Trinajstić information content (AvgIpc) is 2.61. The first kappa shape index (κ1) is 23.8. The molecule has 1 saturated heterocycles. The van der Waals surface area contributed by atoms with Gasteiger partial charge in [0.05, 0.1) is 6.26 Å². The number of rotatable bonds is 7. The molecule has 0 aromatic heterocycles. The number of hydrogen-bond acceptors (Lipinski definition) is 8. The number of nitrogens with one attached hydrogen (secondary N) is 1. The Hall–Kier alpha value is -1.27. The van der Waals surface area contributed by atoms with Gasteiger partial charge in [-0.2, -0.15) is 8.42 Å². The van der Waals surface area contributed by atoms with Crippen LogP contribution in [0.2, 0.25) is 0 Å². The third-order valence-electron chi connectivity index (χ3n) is 4.00. The van der Waals surface area contributed by atoms with Gasteiger partial charge in [-0.3, -0.25) is 8.98 Å². The number of hydrogen-bond donors (Lipinski definition) is 2. The molecule has 0 radical (unpaired) electrons. The monoisotopic (exact) mass is 424 g/mol.